The summed E-state index contributed by atoms with van der Waals surface area (Å²) in [5.74, 6) is -0.779. The van der Waals surface area contributed by atoms with Gasteiger partial charge in [-0.2, -0.15) is 0 Å². The number of hydrogen-bond donors (Lipinski definition) is 4. The van der Waals surface area contributed by atoms with Crippen molar-refractivity contribution in [1.29, 1.82) is 5.41 Å². The first-order valence-electron chi connectivity index (χ1n) is 10.2. The molecule has 34 heavy (non-hydrogen) atoms. The summed E-state index contributed by atoms with van der Waals surface area (Å²) in [5.41, 5.74) is 6.85. The SMILES string of the molecule is N=C(C=C(N)c1c(Cl)cccc1C(=O)N[C@H](Cc1ncccn1)C(O)CF)c1ccc(F)cc1. The van der Waals surface area contributed by atoms with Gasteiger partial charge in [0.15, 0.2) is 0 Å². The lowest BCUT2D eigenvalue weighted by Crippen LogP contribution is -2.46. The maximum Gasteiger partial charge on any atom is 0.252 e. The Morgan fingerprint density at radius 1 is 1.18 bits per heavy atom. The Morgan fingerprint density at radius 2 is 1.85 bits per heavy atom. The second-order valence-corrected chi connectivity index (χ2v) is 7.76. The van der Waals surface area contributed by atoms with Crippen molar-refractivity contribution in [3.8, 4) is 0 Å². The van der Waals surface area contributed by atoms with Gasteiger partial charge in [0.2, 0.25) is 0 Å². The van der Waals surface area contributed by atoms with Gasteiger partial charge in [0.1, 0.15) is 24.4 Å². The summed E-state index contributed by atoms with van der Waals surface area (Å²) in [6.07, 6.45) is 2.81. The van der Waals surface area contributed by atoms with Gasteiger partial charge >= 0.3 is 0 Å². The molecule has 0 aliphatic rings. The van der Waals surface area contributed by atoms with Crippen LogP contribution in [-0.2, 0) is 6.42 Å². The Labute approximate surface area is 199 Å². The third kappa shape index (κ3) is 6.21. The fraction of sp³-hybridized carbons (Fsp3) is 0.167. The second-order valence-electron chi connectivity index (χ2n) is 7.35. The number of aliphatic hydroxyl groups is 1. The molecule has 2 atom stereocenters. The van der Waals surface area contributed by atoms with Crippen molar-refractivity contribution in [2.45, 2.75) is 18.6 Å². The molecule has 3 rings (SSSR count). The maximum atomic E-state index is 13.3. The molecule has 1 heterocycles. The van der Waals surface area contributed by atoms with Crippen molar-refractivity contribution in [2.24, 2.45) is 5.73 Å². The third-order valence-corrected chi connectivity index (χ3v) is 5.28. The first-order valence-corrected chi connectivity index (χ1v) is 10.6. The summed E-state index contributed by atoms with van der Waals surface area (Å²) in [4.78, 5) is 21.2. The van der Waals surface area contributed by atoms with E-state index in [2.05, 4.69) is 15.3 Å². The molecule has 1 unspecified atom stereocenters. The van der Waals surface area contributed by atoms with Crippen LogP contribution in [0.15, 0.2) is 67.0 Å². The fourth-order valence-corrected chi connectivity index (χ4v) is 3.50. The highest BCUT2D eigenvalue weighted by Gasteiger charge is 2.25. The fourth-order valence-electron chi connectivity index (χ4n) is 3.22. The molecule has 0 saturated carbocycles. The van der Waals surface area contributed by atoms with Crippen molar-refractivity contribution >= 4 is 28.9 Å². The molecule has 0 radical (unpaired) electrons. The quantitative estimate of drug-likeness (QED) is 0.346. The smallest absolute Gasteiger partial charge is 0.252 e. The van der Waals surface area contributed by atoms with E-state index in [9.17, 15) is 18.7 Å². The van der Waals surface area contributed by atoms with Gasteiger partial charge in [-0.3, -0.25) is 4.79 Å². The standard InChI is InChI=1S/C24H22ClF2N5O2/c25-17-4-1-3-16(23(17)19(29)11-18(28)14-5-7-15(27)8-6-14)24(34)32-20(21(33)13-26)12-22-30-9-2-10-31-22/h1-11,20-21,28,33H,12-13,29H2,(H,32,34)/t20-,21?/m1/s1. The molecule has 176 valence electrons. The van der Waals surface area contributed by atoms with E-state index in [4.69, 9.17) is 22.7 Å². The van der Waals surface area contributed by atoms with E-state index >= 15 is 0 Å². The summed E-state index contributed by atoms with van der Waals surface area (Å²) in [6.45, 7) is -1.09. The van der Waals surface area contributed by atoms with Crippen LogP contribution in [0.4, 0.5) is 8.78 Å². The number of allylic oxidation sites excluding steroid dienone is 1. The number of aliphatic hydroxyl groups excluding tert-OH is 1. The van der Waals surface area contributed by atoms with Crippen LogP contribution in [0.5, 0.6) is 0 Å². The van der Waals surface area contributed by atoms with E-state index in [1.54, 1.807) is 12.1 Å². The van der Waals surface area contributed by atoms with Crippen LogP contribution < -0.4 is 11.1 Å². The van der Waals surface area contributed by atoms with Gasteiger partial charge in [-0.15, -0.1) is 0 Å². The number of nitrogens with two attached hydrogens (primary N) is 1. The largest absolute Gasteiger partial charge is 0.398 e. The molecule has 0 fully saturated rings. The highest BCUT2D eigenvalue weighted by Crippen LogP contribution is 2.26. The number of aromatic nitrogens is 2. The van der Waals surface area contributed by atoms with Crippen molar-refractivity contribution < 1.29 is 18.7 Å². The number of rotatable bonds is 9. The van der Waals surface area contributed by atoms with Gasteiger partial charge in [-0.25, -0.2) is 18.7 Å². The normalized spacial score (nSPS) is 13.2. The topological polar surface area (TPSA) is 125 Å². The highest BCUT2D eigenvalue weighted by molar-refractivity contribution is 6.33. The number of halogens is 3. The van der Waals surface area contributed by atoms with E-state index in [1.807, 2.05) is 0 Å². The Balaban J connectivity index is 1.89. The van der Waals surface area contributed by atoms with E-state index in [-0.39, 0.29) is 34.0 Å². The van der Waals surface area contributed by atoms with Crippen molar-refractivity contribution in [1.82, 2.24) is 15.3 Å². The second kappa shape index (κ2) is 11.4. The third-order valence-electron chi connectivity index (χ3n) is 4.96. The molecule has 3 aromatic rings. The average molecular weight is 486 g/mol. The number of carbonyl (C=O) groups is 1. The van der Waals surface area contributed by atoms with E-state index in [1.165, 1.54) is 54.9 Å². The molecule has 0 aliphatic carbocycles. The summed E-state index contributed by atoms with van der Waals surface area (Å²) in [7, 11) is 0. The predicted octanol–water partition coefficient (Wildman–Crippen LogP) is 3.31. The van der Waals surface area contributed by atoms with Crippen LogP contribution in [-0.4, -0.2) is 45.5 Å². The molecule has 1 amide bonds. The molecule has 0 bridgehead atoms. The number of hydrogen-bond acceptors (Lipinski definition) is 6. The Kier molecular flexibility index (Phi) is 8.39. The summed E-state index contributed by atoms with van der Waals surface area (Å²) in [5, 5.41) is 21.1. The van der Waals surface area contributed by atoms with Crippen molar-refractivity contribution in [3.63, 3.8) is 0 Å². The van der Waals surface area contributed by atoms with Gasteiger partial charge in [-0.1, -0.05) is 17.7 Å². The zero-order valence-electron chi connectivity index (χ0n) is 17.9. The molecule has 0 saturated heterocycles. The van der Waals surface area contributed by atoms with E-state index < -0.39 is 30.5 Å². The van der Waals surface area contributed by atoms with Crippen LogP contribution in [0.25, 0.3) is 5.70 Å². The van der Waals surface area contributed by atoms with Crippen LogP contribution in [0.2, 0.25) is 5.02 Å². The predicted molar refractivity (Wildman–Crippen MR) is 126 cm³/mol. The minimum absolute atomic E-state index is 0.00585. The number of carbonyl (C=O) groups excluding carboxylic acids is 1. The number of nitrogens with one attached hydrogen (secondary N) is 2. The lowest BCUT2D eigenvalue weighted by molar-refractivity contribution is 0.0759. The highest BCUT2D eigenvalue weighted by atomic mass is 35.5. The monoisotopic (exact) mass is 485 g/mol. The number of amides is 1. The summed E-state index contributed by atoms with van der Waals surface area (Å²) >= 11 is 6.32. The lowest BCUT2D eigenvalue weighted by atomic mass is 10.00. The van der Waals surface area contributed by atoms with Crippen LogP contribution in [0.3, 0.4) is 0 Å². The minimum atomic E-state index is -1.49. The van der Waals surface area contributed by atoms with Gasteiger partial charge < -0.3 is 21.6 Å². The van der Waals surface area contributed by atoms with Gasteiger partial charge in [0.05, 0.1) is 22.3 Å². The van der Waals surface area contributed by atoms with Crippen LogP contribution >= 0.6 is 11.6 Å². The zero-order chi connectivity index (χ0) is 24.7. The molecule has 0 spiro atoms. The number of alkyl halides is 1. The maximum absolute atomic E-state index is 13.3. The average Bonchev–Trinajstić information content (AvgIpc) is 2.83. The molecule has 5 N–H and O–H groups in total. The molecule has 0 aliphatic heterocycles. The van der Waals surface area contributed by atoms with Crippen LogP contribution in [0.1, 0.15) is 27.3 Å². The Hall–Kier alpha value is -3.69. The number of benzene rings is 2. The molecular weight excluding hydrogens is 464 g/mol. The summed E-state index contributed by atoms with van der Waals surface area (Å²) in [6, 6.07) is 10.4. The minimum Gasteiger partial charge on any atom is -0.398 e. The van der Waals surface area contributed by atoms with Crippen LogP contribution in [0, 0.1) is 11.2 Å². The van der Waals surface area contributed by atoms with Gasteiger partial charge in [0.25, 0.3) is 5.91 Å². The van der Waals surface area contributed by atoms with Gasteiger partial charge in [-0.05, 0) is 54.1 Å². The van der Waals surface area contributed by atoms with Gasteiger partial charge in [0, 0.05) is 30.1 Å². The molecule has 7 nitrogen and oxygen atoms in total. The Morgan fingerprint density at radius 3 is 2.50 bits per heavy atom. The molecular formula is C24H22ClF2N5O2. The van der Waals surface area contributed by atoms with E-state index in [0.717, 1.165) is 0 Å². The van der Waals surface area contributed by atoms with Crippen molar-refractivity contribution in [3.05, 3.63) is 100 Å². The Bertz CT molecular complexity index is 1190. The lowest BCUT2D eigenvalue weighted by Gasteiger charge is -2.22. The zero-order valence-corrected chi connectivity index (χ0v) is 18.6. The molecule has 1 aromatic heterocycles. The molecule has 2 aromatic carbocycles. The number of nitrogens with zero attached hydrogens (tertiary/aromatic N) is 2. The van der Waals surface area contributed by atoms with Crippen molar-refractivity contribution in [2.75, 3.05) is 6.67 Å². The summed E-state index contributed by atoms with van der Waals surface area (Å²) < 4.78 is 26.4. The van der Waals surface area contributed by atoms with E-state index in [0.29, 0.717) is 11.4 Å². The first-order chi connectivity index (χ1) is 16.3. The molecule has 10 heteroatoms. The first kappa shape index (κ1) is 24.9.